The van der Waals surface area contributed by atoms with Gasteiger partial charge in [0.25, 0.3) is 0 Å². The Kier molecular flexibility index (Phi) is 6.68. The Labute approximate surface area is 211 Å². The van der Waals surface area contributed by atoms with Crippen LogP contribution in [0.15, 0.2) is 60.8 Å². The Hall–Kier alpha value is -4.18. The van der Waals surface area contributed by atoms with Crippen molar-refractivity contribution in [1.29, 1.82) is 0 Å². The lowest BCUT2D eigenvalue weighted by Gasteiger charge is -2.28. The number of piperazine rings is 1. The summed E-state index contributed by atoms with van der Waals surface area (Å²) in [5.74, 6) is 1.69. The van der Waals surface area contributed by atoms with Gasteiger partial charge in [-0.05, 0) is 36.4 Å². The molecule has 0 saturated carbocycles. The predicted octanol–water partition coefficient (Wildman–Crippen LogP) is 3.92. The molecular formula is C25H22ClFN6O3. The van der Waals surface area contributed by atoms with Crippen LogP contribution >= 0.6 is 11.6 Å². The summed E-state index contributed by atoms with van der Waals surface area (Å²) in [5, 5.41) is 12.2. The first kappa shape index (κ1) is 23.6. The highest BCUT2D eigenvalue weighted by Crippen LogP contribution is 2.34. The van der Waals surface area contributed by atoms with Crippen LogP contribution in [-0.4, -0.2) is 52.4 Å². The Bertz CT molecular complexity index is 1410. The highest BCUT2D eigenvalue weighted by atomic mass is 35.5. The number of halogens is 2. The van der Waals surface area contributed by atoms with Crippen molar-refractivity contribution < 1.29 is 18.7 Å². The summed E-state index contributed by atoms with van der Waals surface area (Å²) in [4.78, 5) is 18.3. The first-order chi connectivity index (χ1) is 17.5. The third-order valence-corrected chi connectivity index (χ3v) is 5.88. The molecule has 1 aliphatic heterocycles. The van der Waals surface area contributed by atoms with Gasteiger partial charge in [0.1, 0.15) is 17.3 Å². The molecule has 1 aliphatic rings. The average molecular weight is 509 g/mol. The highest BCUT2D eigenvalue weighted by molar-refractivity contribution is 6.30. The number of nitrogens with one attached hydrogen (secondary N) is 1. The molecule has 4 aromatic rings. The summed E-state index contributed by atoms with van der Waals surface area (Å²) >= 11 is 6.18. The number of methoxy groups -OCH3 is 1. The zero-order valence-electron chi connectivity index (χ0n) is 19.3. The van der Waals surface area contributed by atoms with E-state index in [-0.39, 0.29) is 19.0 Å². The largest absolute Gasteiger partial charge is 0.496 e. The van der Waals surface area contributed by atoms with Crippen LogP contribution in [0.1, 0.15) is 5.56 Å². The number of hydrogen-bond acceptors (Lipinski definition) is 7. The molecule has 0 atom stereocenters. The van der Waals surface area contributed by atoms with E-state index in [1.807, 2.05) is 21.6 Å². The monoisotopic (exact) mass is 508 g/mol. The quantitative estimate of drug-likeness (QED) is 0.404. The van der Waals surface area contributed by atoms with E-state index >= 15 is 0 Å². The number of carbonyl (C=O) groups is 1. The van der Waals surface area contributed by atoms with E-state index in [1.54, 1.807) is 43.6 Å². The fourth-order valence-corrected chi connectivity index (χ4v) is 4.14. The van der Waals surface area contributed by atoms with Crippen molar-refractivity contribution in [3.05, 3.63) is 77.2 Å². The number of benzene rings is 2. The lowest BCUT2D eigenvalue weighted by Crippen LogP contribution is -2.48. The molecule has 1 fully saturated rings. The molecular weight excluding hydrogens is 487 g/mol. The van der Waals surface area contributed by atoms with Crippen molar-refractivity contribution in [2.75, 3.05) is 31.6 Å². The predicted molar refractivity (Wildman–Crippen MR) is 132 cm³/mol. The minimum absolute atomic E-state index is 0.0991. The molecule has 3 heterocycles. The van der Waals surface area contributed by atoms with E-state index in [0.717, 1.165) is 0 Å². The van der Waals surface area contributed by atoms with Gasteiger partial charge in [0.05, 0.1) is 25.8 Å². The van der Waals surface area contributed by atoms with Crippen molar-refractivity contribution in [2.45, 2.75) is 6.54 Å². The van der Waals surface area contributed by atoms with Gasteiger partial charge >= 0.3 is 0 Å². The normalized spacial score (nSPS) is 13.4. The number of nitrogens with zero attached hydrogens (tertiary/aromatic N) is 5. The van der Waals surface area contributed by atoms with Crippen LogP contribution in [0.3, 0.4) is 0 Å². The first-order valence-corrected chi connectivity index (χ1v) is 11.6. The molecule has 1 N–H and O–H groups in total. The van der Waals surface area contributed by atoms with Gasteiger partial charge in [0, 0.05) is 35.9 Å². The zero-order chi connectivity index (χ0) is 25.1. The summed E-state index contributed by atoms with van der Waals surface area (Å²) in [6, 6.07) is 14.8. The van der Waals surface area contributed by atoms with Gasteiger partial charge in [-0.25, -0.2) is 9.37 Å². The van der Waals surface area contributed by atoms with Crippen LogP contribution in [0.4, 0.5) is 10.3 Å². The molecule has 2 aromatic carbocycles. The van der Waals surface area contributed by atoms with E-state index in [1.165, 1.54) is 12.1 Å². The molecule has 5 rings (SSSR count). The van der Waals surface area contributed by atoms with Crippen LogP contribution in [0.25, 0.3) is 11.4 Å². The van der Waals surface area contributed by atoms with Crippen molar-refractivity contribution in [2.24, 2.45) is 0 Å². The maximum Gasteiger partial charge on any atom is 0.239 e. The van der Waals surface area contributed by atoms with Gasteiger partial charge in [-0.2, -0.15) is 0 Å². The minimum atomic E-state index is -0.411. The number of anilines is 1. The van der Waals surface area contributed by atoms with Gasteiger partial charge < -0.3 is 19.7 Å². The SMILES string of the molecule is COc1cc(Cl)ccc1-c1nnc(N2CCNC(=O)C2)n1Cc1cccnc1Oc1cccc(F)c1. The van der Waals surface area contributed by atoms with Gasteiger partial charge in [0.2, 0.25) is 17.7 Å². The van der Waals surface area contributed by atoms with Crippen LogP contribution in [0.2, 0.25) is 5.02 Å². The third-order valence-electron chi connectivity index (χ3n) is 5.65. The maximum absolute atomic E-state index is 13.7. The molecule has 1 saturated heterocycles. The van der Waals surface area contributed by atoms with Gasteiger partial charge in [-0.1, -0.05) is 23.7 Å². The van der Waals surface area contributed by atoms with Crippen molar-refractivity contribution in [3.8, 4) is 28.8 Å². The van der Waals surface area contributed by atoms with E-state index in [9.17, 15) is 9.18 Å². The van der Waals surface area contributed by atoms with Gasteiger partial charge in [0.15, 0.2) is 5.82 Å². The summed E-state index contributed by atoms with van der Waals surface area (Å²) < 4.78 is 27.1. The molecule has 36 heavy (non-hydrogen) atoms. The average Bonchev–Trinajstić information content (AvgIpc) is 3.28. The van der Waals surface area contributed by atoms with Crippen molar-refractivity contribution in [1.82, 2.24) is 25.1 Å². The van der Waals surface area contributed by atoms with E-state index in [4.69, 9.17) is 21.1 Å². The van der Waals surface area contributed by atoms with Crippen LogP contribution in [0.5, 0.6) is 17.4 Å². The number of carbonyl (C=O) groups excluding carboxylic acids is 1. The molecule has 0 radical (unpaired) electrons. The van der Waals surface area contributed by atoms with Gasteiger partial charge in [-0.15, -0.1) is 10.2 Å². The number of ether oxygens (including phenoxy) is 2. The molecule has 1 amide bonds. The Morgan fingerprint density at radius 2 is 2.03 bits per heavy atom. The number of amides is 1. The van der Waals surface area contributed by atoms with Crippen molar-refractivity contribution in [3.63, 3.8) is 0 Å². The maximum atomic E-state index is 13.7. The lowest BCUT2D eigenvalue weighted by molar-refractivity contribution is -0.120. The summed E-state index contributed by atoms with van der Waals surface area (Å²) in [6.07, 6.45) is 1.60. The standard InChI is InChI=1S/C25H22ClFN6O3/c1-35-21-12-17(26)7-8-20(21)23-30-31-25(32-11-10-28-22(34)15-32)33(23)14-16-4-3-9-29-24(16)36-19-6-2-5-18(27)13-19/h2-9,12-13H,10-11,14-15H2,1H3,(H,28,34). The first-order valence-electron chi connectivity index (χ1n) is 11.2. The number of rotatable bonds is 7. The minimum Gasteiger partial charge on any atom is -0.496 e. The number of pyridine rings is 1. The van der Waals surface area contributed by atoms with Crippen LogP contribution < -0.4 is 19.7 Å². The summed E-state index contributed by atoms with van der Waals surface area (Å²) in [7, 11) is 1.55. The second kappa shape index (κ2) is 10.2. The Balaban J connectivity index is 1.58. The Morgan fingerprint density at radius 1 is 1.14 bits per heavy atom. The number of aromatic nitrogens is 4. The van der Waals surface area contributed by atoms with Crippen LogP contribution in [-0.2, 0) is 11.3 Å². The topological polar surface area (TPSA) is 94.4 Å². The van der Waals surface area contributed by atoms with E-state index < -0.39 is 5.82 Å². The van der Waals surface area contributed by atoms with E-state index in [2.05, 4.69) is 20.5 Å². The fourth-order valence-electron chi connectivity index (χ4n) is 3.98. The molecule has 0 aliphatic carbocycles. The smallest absolute Gasteiger partial charge is 0.239 e. The van der Waals surface area contributed by atoms with Crippen LogP contribution in [0, 0.1) is 5.82 Å². The molecule has 184 valence electrons. The van der Waals surface area contributed by atoms with E-state index in [0.29, 0.717) is 58.4 Å². The fraction of sp³-hybridized carbons (Fsp3) is 0.200. The third kappa shape index (κ3) is 4.94. The van der Waals surface area contributed by atoms with Crippen molar-refractivity contribution >= 4 is 23.5 Å². The number of hydrogen-bond donors (Lipinski definition) is 1. The summed E-state index contributed by atoms with van der Waals surface area (Å²) in [6.45, 7) is 1.48. The summed E-state index contributed by atoms with van der Waals surface area (Å²) in [5.41, 5.74) is 1.39. The second-order valence-corrected chi connectivity index (χ2v) is 8.49. The molecule has 0 bridgehead atoms. The molecule has 11 heteroatoms. The van der Waals surface area contributed by atoms with Gasteiger partial charge in [-0.3, -0.25) is 9.36 Å². The highest BCUT2D eigenvalue weighted by Gasteiger charge is 2.26. The lowest BCUT2D eigenvalue weighted by atomic mass is 10.1. The Morgan fingerprint density at radius 3 is 2.83 bits per heavy atom. The second-order valence-electron chi connectivity index (χ2n) is 8.05. The molecule has 2 aromatic heterocycles. The molecule has 0 spiro atoms. The molecule has 9 nitrogen and oxygen atoms in total. The zero-order valence-corrected chi connectivity index (χ0v) is 20.1. The molecule has 0 unspecified atom stereocenters.